The van der Waals surface area contributed by atoms with Gasteiger partial charge in [0.1, 0.15) is 11.4 Å². The summed E-state index contributed by atoms with van der Waals surface area (Å²) < 4.78 is 10.4. The molecule has 0 aliphatic heterocycles. The standard InChI is InChI=1S/C13H10N2O3/c1-17-8-4-5-9-10(7-8)14-13(16)15-12(9)11-3-2-6-18-11/h2-7H,1H3,(H,14,15,16). The number of ether oxygens (including phenoxy) is 1. The zero-order chi connectivity index (χ0) is 12.5. The van der Waals surface area contributed by atoms with Gasteiger partial charge in [0, 0.05) is 11.5 Å². The zero-order valence-electron chi connectivity index (χ0n) is 9.64. The highest BCUT2D eigenvalue weighted by atomic mass is 16.5. The average Bonchev–Trinajstić information content (AvgIpc) is 2.90. The van der Waals surface area contributed by atoms with Crippen LogP contribution >= 0.6 is 0 Å². The molecule has 0 atom stereocenters. The van der Waals surface area contributed by atoms with E-state index in [1.54, 1.807) is 31.6 Å². The number of rotatable bonds is 2. The van der Waals surface area contributed by atoms with E-state index in [9.17, 15) is 4.79 Å². The number of fused-ring (bicyclic) bond motifs is 1. The number of aromatic amines is 1. The molecular formula is C13H10N2O3. The quantitative estimate of drug-likeness (QED) is 0.747. The van der Waals surface area contributed by atoms with Crippen molar-refractivity contribution in [2.24, 2.45) is 0 Å². The molecule has 0 amide bonds. The molecule has 0 saturated heterocycles. The van der Waals surface area contributed by atoms with E-state index in [0.29, 0.717) is 22.7 Å². The highest BCUT2D eigenvalue weighted by Gasteiger charge is 2.10. The van der Waals surface area contributed by atoms with E-state index in [2.05, 4.69) is 9.97 Å². The van der Waals surface area contributed by atoms with Crippen LogP contribution in [0.4, 0.5) is 0 Å². The minimum atomic E-state index is -0.415. The number of nitrogens with zero attached hydrogens (tertiary/aromatic N) is 1. The second-order valence-electron chi connectivity index (χ2n) is 3.78. The van der Waals surface area contributed by atoms with Gasteiger partial charge in [-0.15, -0.1) is 0 Å². The SMILES string of the molecule is COc1ccc2c(-c3ccco3)nc(=O)[nH]c2c1. The molecule has 2 heterocycles. The highest BCUT2D eigenvalue weighted by molar-refractivity contribution is 5.91. The van der Waals surface area contributed by atoms with Gasteiger partial charge in [-0.3, -0.25) is 0 Å². The van der Waals surface area contributed by atoms with Gasteiger partial charge in [-0.05, 0) is 24.3 Å². The first-order valence-electron chi connectivity index (χ1n) is 5.40. The van der Waals surface area contributed by atoms with Gasteiger partial charge in [-0.25, -0.2) is 4.79 Å². The van der Waals surface area contributed by atoms with Crippen LogP contribution in [0, 0.1) is 0 Å². The molecule has 18 heavy (non-hydrogen) atoms. The van der Waals surface area contributed by atoms with E-state index < -0.39 is 5.69 Å². The van der Waals surface area contributed by atoms with Crippen LogP contribution in [0.15, 0.2) is 45.8 Å². The molecule has 0 saturated carbocycles. The summed E-state index contributed by atoms with van der Waals surface area (Å²) in [6.45, 7) is 0. The first kappa shape index (κ1) is 10.6. The summed E-state index contributed by atoms with van der Waals surface area (Å²) in [6, 6.07) is 8.94. The monoisotopic (exact) mass is 242 g/mol. The number of nitrogens with one attached hydrogen (secondary N) is 1. The Balaban J connectivity index is 2.35. The van der Waals surface area contributed by atoms with Gasteiger partial charge in [0.25, 0.3) is 0 Å². The Labute approximate surface area is 102 Å². The summed E-state index contributed by atoms with van der Waals surface area (Å²) in [4.78, 5) is 18.2. The van der Waals surface area contributed by atoms with Crippen molar-refractivity contribution in [2.75, 3.05) is 7.11 Å². The maximum Gasteiger partial charge on any atom is 0.346 e. The lowest BCUT2D eigenvalue weighted by Crippen LogP contribution is -2.11. The second kappa shape index (κ2) is 4.03. The molecule has 0 unspecified atom stereocenters. The van der Waals surface area contributed by atoms with Gasteiger partial charge >= 0.3 is 5.69 Å². The number of hydrogen-bond donors (Lipinski definition) is 1. The molecule has 0 radical (unpaired) electrons. The van der Waals surface area contributed by atoms with E-state index >= 15 is 0 Å². The number of methoxy groups -OCH3 is 1. The molecule has 1 N–H and O–H groups in total. The lowest BCUT2D eigenvalue weighted by molar-refractivity contribution is 0.415. The summed E-state index contributed by atoms with van der Waals surface area (Å²) in [5.74, 6) is 1.24. The van der Waals surface area contributed by atoms with Crippen molar-refractivity contribution < 1.29 is 9.15 Å². The van der Waals surface area contributed by atoms with Gasteiger partial charge in [0.2, 0.25) is 0 Å². The molecule has 3 rings (SSSR count). The number of hydrogen-bond acceptors (Lipinski definition) is 4. The molecule has 0 spiro atoms. The Kier molecular flexibility index (Phi) is 2.37. The molecule has 3 aromatic rings. The predicted octanol–water partition coefficient (Wildman–Crippen LogP) is 2.19. The van der Waals surface area contributed by atoms with E-state index in [1.807, 2.05) is 12.1 Å². The molecule has 2 aromatic heterocycles. The zero-order valence-corrected chi connectivity index (χ0v) is 9.64. The average molecular weight is 242 g/mol. The summed E-state index contributed by atoms with van der Waals surface area (Å²) in [6.07, 6.45) is 1.55. The van der Waals surface area contributed by atoms with Crippen LogP contribution in [-0.2, 0) is 0 Å². The normalized spacial score (nSPS) is 10.7. The number of aromatic nitrogens is 2. The first-order valence-corrected chi connectivity index (χ1v) is 5.40. The van der Waals surface area contributed by atoms with E-state index in [4.69, 9.17) is 9.15 Å². The second-order valence-corrected chi connectivity index (χ2v) is 3.78. The number of furan rings is 1. The van der Waals surface area contributed by atoms with Gasteiger partial charge < -0.3 is 14.1 Å². The summed E-state index contributed by atoms with van der Waals surface area (Å²) in [7, 11) is 1.58. The van der Waals surface area contributed by atoms with Gasteiger partial charge in [0.15, 0.2) is 5.76 Å². The van der Waals surface area contributed by atoms with Crippen molar-refractivity contribution in [3.8, 4) is 17.2 Å². The fraction of sp³-hybridized carbons (Fsp3) is 0.0769. The summed E-state index contributed by atoms with van der Waals surface area (Å²) >= 11 is 0. The molecule has 0 aliphatic rings. The topological polar surface area (TPSA) is 68.1 Å². The van der Waals surface area contributed by atoms with E-state index in [1.165, 1.54) is 0 Å². The molecule has 5 heteroatoms. The van der Waals surface area contributed by atoms with Crippen molar-refractivity contribution in [1.29, 1.82) is 0 Å². The van der Waals surface area contributed by atoms with Crippen molar-refractivity contribution >= 4 is 10.9 Å². The van der Waals surface area contributed by atoms with Crippen LogP contribution in [0.25, 0.3) is 22.4 Å². The van der Waals surface area contributed by atoms with Crippen LogP contribution in [0.1, 0.15) is 0 Å². The minimum absolute atomic E-state index is 0.415. The third-order valence-electron chi connectivity index (χ3n) is 2.69. The van der Waals surface area contributed by atoms with Crippen LogP contribution < -0.4 is 10.4 Å². The van der Waals surface area contributed by atoms with E-state index in [-0.39, 0.29) is 0 Å². The van der Waals surface area contributed by atoms with Gasteiger partial charge in [-0.1, -0.05) is 0 Å². The Morgan fingerprint density at radius 2 is 2.22 bits per heavy atom. The van der Waals surface area contributed by atoms with Crippen molar-refractivity contribution in [1.82, 2.24) is 9.97 Å². The first-order chi connectivity index (χ1) is 8.78. The molecule has 0 fully saturated rings. The Hall–Kier alpha value is -2.56. The number of benzene rings is 1. The molecule has 0 bridgehead atoms. The van der Waals surface area contributed by atoms with Crippen LogP contribution in [0.5, 0.6) is 5.75 Å². The maximum absolute atomic E-state index is 11.5. The third-order valence-corrected chi connectivity index (χ3v) is 2.69. The minimum Gasteiger partial charge on any atom is -0.497 e. The largest absolute Gasteiger partial charge is 0.497 e. The summed E-state index contributed by atoms with van der Waals surface area (Å²) in [5, 5.41) is 0.811. The molecule has 0 aliphatic carbocycles. The third kappa shape index (κ3) is 1.66. The molecule has 90 valence electrons. The molecule has 1 aromatic carbocycles. The fourth-order valence-electron chi connectivity index (χ4n) is 1.87. The lowest BCUT2D eigenvalue weighted by atomic mass is 10.1. The Bertz CT molecular complexity index is 745. The highest BCUT2D eigenvalue weighted by Crippen LogP contribution is 2.26. The Morgan fingerprint density at radius 3 is 2.94 bits per heavy atom. The van der Waals surface area contributed by atoms with Gasteiger partial charge in [-0.2, -0.15) is 4.98 Å². The summed E-state index contributed by atoms with van der Waals surface area (Å²) in [5.41, 5.74) is 0.782. The molecular weight excluding hydrogens is 232 g/mol. The number of H-pyrrole nitrogens is 1. The van der Waals surface area contributed by atoms with Crippen LogP contribution in [0.3, 0.4) is 0 Å². The smallest absolute Gasteiger partial charge is 0.346 e. The van der Waals surface area contributed by atoms with Crippen molar-refractivity contribution in [3.63, 3.8) is 0 Å². The Morgan fingerprint density at radius 1 is 1.33 bits per heavy atom. The fourth-order valence-corrected chi connectivity index (χ4v) is 1.87. The van der Waals surface area contributed by atoms with Gasteiger partial charge in [0.05, 0.1) is 18.9 Å². The molecule has 5 nitrogen and oxygen atoms in total. The maximum atomic E-state index is 11.5. The van der Waals surface area contributed by atoms with E-state index in [0.717, 1.165) is 5.39 Å². The van der Waals surface area contributed by atoms with Crippen molar-refractivity contribution in [2.45, 2.75) is 0 Å². The van der Waals surface area contributed by atoms with Crippen LogP contribution in [-0.4, -0.2) is 17.1 Å². The predicted molar refractivity (Wildman–Crippen MR) is 66.6 cm³/mol. The van der Waals surface area contributed by atoms with Crippen LogP contribution in [0.2, 0.25) is 0 Å². The lowest BCUT2D eigenvalue weighted by Gasteiger charge is -2.04. The van der Waals surface area contributed by atoms with Crippen molar-refractivity contribution in [3.05, 3.63) is 47.1 Å².